The van der Waals surface area contributed by atoms with Gasteiger partial charge in [0, 0.05) is 37.9 Å². The van der Waals surface area contributed by atoms with E-state index >= 15 is 0 Å². The molecule has 13 heteroatoms. The summed E-state index contributed by atoms with van der Waals surface area (Å²) in [6.07, 6.45) is 0. The van der Waals surface area contributed by atoms with Gasteiger partial charge in [-0.1, -0.05) is 53.0 Å². The smallest absolute Gasteiger partial charge is 0.336 e. The highest BCUT2D eigenvalue weighted by Crippen LogP contribution is 2.43. The minimum Gasteiger partial charge on any atom is -0.463 e. The van der Waals surface area contributed by atoms with Crippen LogP contribution in [0.1, 0.15) is 78.4 Å². The maximum absolute atomic E-state index is 12.7. The predicted octanol–water partition coefficient (Wildman–Crippen LogP) is 8.06. The fourth-order valence-electron chi connectivity index (χ4n) is 5.97. The average Bonchev–Trinajstić information content (AvgIpc) is 3.06. The largest absolute Gasteiger partial charge is 0.463 e. The van der Waals surface area contributed by atoms with Gasteiger partial charge in [0.25, 0.3) is 0 Å². The molecule has 0 bridgehead atoms. The van der Waals surface area contributed by atoms with Crippen molar-refractivity contribution in [2.45, 2.75) is 67.2 Å². The molecular weight excluding hydrogens is 719 g/mol. The van der Waals surface area contributed by atoms with Gasteiger partial charge in [-0.3, -0.25) is 0 Å². The lowest BCUT2D eigenvalue weighted by molar-refractivity contribution is -0.141. The SMILES string of the molecule is CCOC(=O)C1=C(C)NC(C)=C(C(=O)OCC)C1c1cc(Cl)ccc1Cl.CCOC(=O)C1=C(C)NC(C)=C(C(=O)OCC)C1c1ccccc1Cl. The third-order valence-electron chi connectivity index (χ3n) is 7.99. The number of hydrogen-bond acceptors (Lipinski definition) is 10. The van der Waals surface area contributed by atoms with E-state index in [-0.39, 0.29) is 26.4 Å². The van der Waals surface area contributed by atoms with Crippen molar-refractivity contribution in [2.24, 2.45) is 0 Å². The zero-order chi connectivity index (χ0) is 38.0. The van der Waals surface area contributed by atoms with Crippen molar-refractivity contribution in [1.29, 1.82) is 0 Å². The molecule has 0 radical (unpaired) electrons. The first-order chi connectivity index (χ1) is 24.2. The van der Waals surface area contributed by atoms with Crippen molar-refractivity contribution in [3.63, 3.8) is 0 Å². The van der Waals surface area contributed by atoms with E-state index in [0.717, 1.165) is 0 Å². The van der Waals surface area contributed by atoms with Crippen LogP contribution in [-0.4, -0.2) is 50.3 Å². The summed E-state index contributed by atoms with van der Waals surface area (Å²) >= 11 is 18.9. The van der Waals surface area contributed by atoms with Gasteiger partial charge in [0.1, 0.15) is 0 Å². The summed E-state index contributed by atoms with van der Waals surface area (Å²) in [4.78, 5) is 50.5. The van der Waals surface area contributed by atoms with Gasteiger partial charge in [0.15, 0.2) is 0 Å². The topological polar surface area (TPSA) is 129 Å². The van der Waals surface area contributed by atoms with Crippen molar-refractivity contribution >= 4 is 58.7 Å². The number of esters is 4. The Morgan fingerprint density at radius 1 is 0.529 bits per heavy atom. The predicted molar refractivity (Wildman–Crippen MR) is 197 cm³/mol. The number of carbonyl (C=O) groups excluding carboxylic acids is 4. The highest BCUT2D eigenvalue weighted by Gasteiger charge is 2.40. The lowest BCUT2D eigenvalue weighted by atomic mass is 9.80. The van der Waals surface area contributed by atoms with Crippen LogP contribution < -0.4 is 10.6 Å². The maximum Gasteiger partial charge on any atom is 0.336 e. The van der Waals surface area contributed by atoms with E-state index < -0.39 is 35.7 Å². The molecule has 0 saturated carbocycles. The van der Waals surface area contributed by atoms with Crippen LogP contribution in [0.4, 0.5) is 0 Å². The van der Waals surface area contributed by atoms with Gasteiger partial charge in [-0.15, -0.1) is 0 Å². The molecule has 10 nitrogen and oxygen atoms in total. The molecule has 51 heavy (non-hydrogen) atoms. The minimum absolute atomic E-state index is 0.211. The number of carbonyl (C=O) groups is 4. The second-order valence-electron chi connectivity index (χ2n) is 11.3. The molecule has 2 aliphatic heterocycles. The number of ether oxygens (including phenoxy) is 4. The van der Waals surface area contributed by atoms with Crippen LogP contribution in [0.2, 0.25) is 15.1 Å². The Labute approximate surface area is 313 Å². The van der Waals surface area contributed by atoms with Gasteiger partial charge in [-0.2, -0.15) is 0 Å². The van der Waals surface area contributed by atoms with E-state index in [1.807, 2.05) is 6.07 Å². The van der Waals surface area contributed by atoms with Crippen LogP contribution in [0.15, 0.2) is 87.5 Å². The molecule has 2 aromatic carbocycles. The van der Waals surface area contributed by atoms with E-state index in [9.17, 15) is 19.2 Å². The Bertz CT molecular complexity index is 1730. The Morgan fingerprint density at radius 2 is 0.863 bits per heavy atom. The Kier molecular flexibility index (Phi) is 15.2. The van der Waals surface area contributed by atoms with Gasteiger partial charge >= 0.3 is 23.9 Å². The molecule has 0 saturated heterocycles. The zero-order valence-electron chi connectivity index (χ0n) is 29.9. The van der Waals surface area contributed by atoms with Gasteiger partial charge in [0.2, 0.25) is 0 Å². The molecule has 4 rings (SSSR count). The van der Waals surface area contributed by atoms with Gasteiger partial charge in [-0.25, -0.2) is 19.2 Å². The molecule has 0 atom stereocenters. The van der Waals surface area contributed by atoms with Crippen LogP contribution in [0, 0.1) is 0 Å². The fraction of sp³-hybridized carbons (Fsp3) is 0.368. The monoisotopic (exact) mass is 760 g/mol. The first-order valence-electron chi connectivity index (χ1n) is 16.5. The van der Waals surface area contributed by atoms with Crippen LogP contribution in [0.3, 0.4) is 0 Å². The van der Waals surface area contributed by atoms with E-state index in [1.165, 1.54) is 0 Å². The van der Waals surface area contributed by atoms with E-state index in [0.29, 0.717) is 71.3 Å². The van der Waals surface area contributed by atoms with Crippen LogP contribution in [0.25, 0.3) is 0 Å². The second-order valence-corrected chi connectivity index (χ2v) is 12.6. The molecule has 0 aliphatic carbocycles. The van der Waals surface area contributed by atoms with Gasteiger partial charge in [-0.05, 0) is 90.8 Å². The lowest BCUT2D eigenvalue weighted by Gasteiger charge is -2.31. The molecule has 0 fully saturated rings. The van der Waals surface area contributed by atoms with E-state index in [2.05, 4.69) is 10.6 Å². The molecule has 0 spiro atoms. The maximum atomic E-state index is 12.7. The third kappa shape index (κ3) is 9.55. The highest BCUT2D eigenvalue weighted by molar-refractivity contribution is 6.34. The highest BCUT2D eigenvalue weighted by atomic mass is 35.5. The number of rotatable bonds is 10. The molecule has 0 unspecified atom stereocenters. The molecule has 2 aromatic rings. The summed E-state index contributed by atoms with van der Waals surface area (Å²) < 4.78 is 20.8. The molecule has 0 aromatic heterocycles. The summed E-state index contributed by atoms with van der Waals surface area (Å²) in [5.41, 5.74) is 5.01. The first kappa shape index (κ1) is 41.2. The van der Waals surface area contributed by atoms with Crippen molar-refractivity contribution in [1.82, 2.24) is 10.6 Å². The fourth-order valence-corrected chi connectivity index (χ4v) is 6.62. The normalized spacial score (nSPS) is 15.0. The molecule has 2 N–H and O–H groups in total. The van der Waals surface area contributed by atoms with Gasteiger partial charge < -0.3 is 29.6 Å². The number of nitrogens with one attached hydrogen (secondary N) is 2. The minimum atomic E-state index is -0.736. The molecule has 2 aliphatic rings. The number of dihydropyridines is 2. The zero-order valence-corrected chi connectivity index (χ0v) is 32.2. The first-order valence-corrected chi connectivity index (χ1v) is 17.6. The number of halogens is 3. The standard InChI is InChI=1S/C19H21Cl2NO4.C19H22ClNO4/c1-5-25-18(23)15-10(3)22-11(4)16(19(24)26-6-2)17(15)13-9-12(20)7-8-14(13)21;1-5-24-18(22)15-11(3)21-12(4)16(19(23)25-6-2)17(15)13-9-7-8-10-14(13)20/h7-9,17,22H,5-6H2,1-4H3;7-10,17,21H,5-6H2,1-4H3. The van der Waals surface area contributed by atoms with Crippen molar-refractivity contribution < 1.29 is 38.1 Å². The molecule has 2 heterocycles. The number of hydrogen-bond donors (Lipinski definition) is 2. The molecular formula is C38H43Cl3N2O8. The average molecular weight is 762 g/mol. The third-order valence-corrected chi connectivity index (χ3v) is 8.91. The molecule has 0 amide bonds. The van der Waals surface area contributed by atoms with Crippen LogP contribution in [-0.2, 0) is 38.1 Å². The van der Waals surface area contributed by atoms with Crippen molar-refractivity contribution in [2.75, 3.05) is 26.4 Å². The van der Waals surface area contributed by atoms with Crippen LogP contribution >= 0.6 is 34.8 Å². The van der Waals surface area contributed by atoms with E-state index in [1.54, 1.807) is 91.8 Å². The number of allylic oxidation sites excluding steroid dienone is 4. The van der Waals surface area contributed by atoms with Crippen molar-refractivity contribution in [3.05, 3.63) is 114 Å². The van der Waals surface area contributed by atoms with Gasteiger partial charge in [0.05, 0.1) is 60.6 Å². The molecule has 274 valence electrons. The second kappa shape index (κ2) is 18.8. The van der Waals surface area contributed by atoms with E-state index in [4.69, 9.17) is 53.8 Å². The Hall–Kier alpha value is -4.25. The summed E-state index contributed by atoms with van der Waals surface area (Å²) in [7, 11) is 0. The summed E-state index contributed by atoms with van der Waals surface area (Å²) in [5, 5.41) is 7.48. The number of benzene rings is 2. The quantitative estimate of drug-likeness (QED) is 0.181. The summed E-state index contributed by atoms with van der Waals surface area (Å²) in [5.74, 6) is -3.38. The lowest BCUT2D eigenvalue weighted by Crippen LogP contribution is -2.32. The van der Waals surface area contributed by atoms with Crippen molar-refractivity contribution in [3.8, 4) is 0 Å². The Balaban J connectivity index is 0.000000276. The van der Waals surface area contributed by atoms with Crippen LogP contribution in [0.5, 0.6) is 0 Å². The summed E-state index contributed by atoms with van der Waals surface area (Å²) in [6.45, 7) is 14.9. The summed E-state index contributed by atoms with van der Waals surface area (Å²) in [6, 6.07) is 12.1. The Morgan fingerprint density at radius 3 is 1.22 bits per heavy atom.